The van der Waals surface area contributed by atoms with Crippen LogP contribution >= 0.6 is 24.0 Å². The van der Waals surface area contributed by atoms with Gasteiger partial charge in [0.2, 0.25) is 0 Å². The Labute approximate surface area is 178 Å². The Morgan fingerprint density at radius 3 is 2.86 bits per heavy atom. The molecule has 1 saturated heterocycles. The van der Waals surface area contributed by atoms with Crippen LogP contribution < -0.4 is 20.3 Å². The molecule has 1 fully saturated rings. The van der Waals surface area contributed by atoms with E-state index < -0.39 is 0 Å². The maximum absolute atomic E-state index is 12.8. The van der Waals surface area contributed by atoms with E-state index in [9.17, 15) is 9.59 Å². The standard InChI is InChI=1S/C21H19N3O3S2/c25-19-18(29-21(28)23-19)13-15-6-7-17-16(12-15)24(10-11-27-17)20(26)22-9-8-14-4-2-1-3-5-14/h1-7,12-13H,8-11H2,(H,22,26)(H,23,25,28)/b18-13-. The van der Waals surface area contributed by atoms with Gasteiger partial charge in [-0.2, -0.15) is 0 Å². The van der Waals surface area contributed by atoms with E-state index in [0.717, 1.165) is 12.0 Å². The summed E-state index contributed by atoms with van der Waals surface area (Å²) in [5, 5.41) is 5.58. The molecule has 4 rings (SSSR count). The fourth-order valence-electron chi connectivity index (χ4n) is 3.16. The highest BCUT2D eigenvalue weighted by Gasteiger charge is 2.25. The van der Waals surface area contributed by atoms with E-state index in [2.05, 4.69) is 10.6 Å². The highest BCUT2D eigenvalue weighted by Crippen LogP contribution is 2.34. The van der Waals surface area contributed by atoms with Crippen LogP contribution in [-0.4, -0.2) is 36.0 Å². The zero-order valence-electron chi connectivity index (χ0n) is 15.5. The number of nitrogens with one attached hydrogen (secondary N) is 2. The second-order valence-corrected chi connectivity index (χ2v) is 8.27. The van der Waals surface area contributed by atoms with E-state index in [0.29, 0.717) is 40.4 Å². The molecule has 3 amide bonds. The number of thioether (sulfide) groups is 1. The molecular formula is C21H19N3O3S2. The molecule has 0 spiro atoms. The molecule has 0 bridgehead atoms. The summed E-state index contributed by atoms with van der Waals surface area (Å²) < 4.78 is 6.14. The molecule has 0 aliphatic carbocycles. The van der Waals surface area contributed by atoms with Gasteiger partial charge in [-0.05, 0) is 35.8 Å². The van der Waals surface area contributed by atoms with Gasteiger partial charge in [-0.25, -0.2) is 4.79 Å². The van der Waals surface area contributed by atoms with Crippen LogP contribution in [0.1, 0.15) is 11.1 Å². The first-order valence-electron chi connectivity index (χ1n) is 9.21. The van der Waals surface area contributed by atoms with Crippen molar-refractivity contribution >= 4 is 52.0 Å². The number of thiocarbonyl (C=S) groups is 1. The maximum Gasteiger partial charge on any atom is 0.322 e. The molecule has 0 radical (unpaired) electrons. The van der Waals surface area contributed by atoms with Gasteiger partial charge in [0.1, 0.15) is 16.7 Å². The van der Waals surface area contributed by atoms with Gasteiger partial charge >= 0.3 is 6.03 Å². The second kappa shape index (κ2) is 8.67. The molecule has 8 heteroatoms. The summed E-state index contributed by atoms with van der Waals surface area (Å²) in [7, 11) is 0. The zero-order chi connectivity index (χ0) is 20.2. The van der Waals surface area contributed by atoms with Crippen molar-refractivity contribution in [1.29, 1.82) is 0 Å². The van der Waals surface area contributed by atoms with Crippen molar-refractivity contribution in [3.63, 3.8) is 0 Å². The van der Waals surface area contributed by atoms with Crippen molar-refractivity contribution in [2.45, 2.75) is 6.42 Å². The van der Waals surface area contributed by atoms with E-state index in [1.807, 2.05) is 48.5 Å². The predicted molar refractivity (Wildman–Crippen MR) is 119 cm³/mol. The lowest BCUT2D eigenvalue weighted by atomic mass is 10.1. The number of amides is 3. The average Bonchev–Trinajstić information content (AvgIpc) is 3.05. The molecule has 2 heterocycles. The van der Waals surface area contributed by atoms with Crippen LogP contribution in [0, 0.1) is 0 Å². The number of carbonyl (C=O) groups is 2. The topological polar surface area (TPSA) is 70.7 Å². The number of benzene rings is 2. The Morgan fingerprint density at radius 2 is 2.10 bits per heavy atom. The molecule has 2 aromatic rings. The normalized spacial score (nSPS) is 17.0. The molecule has 148 valence electrons. The van der Waals surface area contributed by atoms with Crippen LogP contribution in [-0.2, 0) is 11.2 Å². The summed E-state index contributed by atoms with van der Waals surface area (Å²) in [6, 6.07) is 15.4. The van der Waals surface area contributed by atoms with Crippen molar-refractivity contribution in [3.8, 4) is 5.75 Å². The van der Waals surface area contributed by atoms with Gasteiger partial charge < -0.3 is 15.4 Å². The minimum absolute atomic E-state index is 0.163. The first kappa shape index (κ1) is 19.5. The minimum Gasteiger partial charge on any atom is -0.490 e. The molecule has 2 aromatic carbocycles. The first-order valence-corrected chi connectivity index (χ1v) is 10.4. The Balaban J connectivity index is 1.48. The number of hydrogen-bond acceptors (Lipinski definition) is 5. The van der Waals surface area contributed by atoms with Gasteiger partial charge in [0.15, 0.2) is 0 Å². The van der Waals surface area contributed by atoms with Gasteiger partial charge in [-0.1, -0.05) is 60.4 Å². The third kappa shape index (κ3) is 4.60. The molecule has 0 unspecified atom stereocenters. The molecule has 2 N–H and O–H groups in total. The number of carbonyl (C=O) groups excluding carboxylic acids is 2. The number of anilines is 1. The molecule has 6 nitrogen and oxygen atoms in total. The molecule has 0 saturated carbocycles. The lowest BCUT2D eigenvalue weighted by Crippen LogP contribution is -2.45. The fraction of sp³-hybridized carbons (Fsp3) is 0.190. The summed E-state index contributed by atoms with van der Waals surface area (Å²) in [6.07, 6.45) is 2.53. The quantitative estimate of drug-likeness (QED) is 0.581. The highest BCUT2D eigenvalue weighted by atomic mass is 32.2. The predicted octanol–water partition coefficient (Wildman–Crippen LogP) is 3.33. The van der Waals surface area contributed by atoms with Crippen molar-refractivity contribution in [1.82, 2.24) is 10.6 Å². The van der Waals surface area contributed by atoms with Gasteiger partial charge in [-0.3, -0.25) is 9.69 Å². The molecule has 29 heavy (non-hydrogen) atoms. The number of nitrogens with zero attached hydrogens (tertiary/aromatic N) is 1. The summed E-state index contributed by atoms with van der Waals surface area (Å²) >= 11 is 6.25. The van der Waals surface area contributed by atoms with Gasteiger partial charge in [-0.15, -0.1) is 0 Å². The summed E-state index contributed by atoms with van der Waals surface area (Å²) in [5.41, 5.74) is 2.67. The van der Waals surface area contributed by atoms with E-state index in [-0.39, 0.29) is 11.9 Å². The van der Waals surface area contributed by atoms with Gasteiger partial charge in [0.05, 0.1) is 17.1 Å². The fourth-order valence-corrected chi connectivity index (χ4v) is 4.21. The van der Waals surface area contributed by atoms with Crippen molar-refractivity contribution in [2.75, 3.05) is 24.6 Å². The summed E-state index contributed by atoms with van der Waals surface area (Å²) in [4.78, 5) is 26.9. The van der Waals surface area contributed by atoms with Crippen molar-refractivity contribution in [3.05, 3.63) is 64.6 Å². The molecule has 2 aliphatic heterocycles. The van der Waals surface area contributed by atoms with Crippen LogP contribution in [0.2, 0.25) is 0 Å². The Bertz CT molecular complexity index is 992. The Morgan fingerprint density at radius 1 is 1.28 bits per heavy atom. The SMILES string of the molecule is O=C1NC(=S)S/C1=C\c1ccc2c(c1)N(C(=O)NCCc1ccccc1)CCO2. The van der Waals surface area contributed by atoms with Crippen LogP contribution in [0.5, 0.6) is 5.75 Å². The summed E-state index contributed by atoms with van der Waals surface area (Å²) in [5.74, 6) is 0.445. The third-order valence-electron chi connectivity index (χ3n) is 4.56. The van der Waals surface area contributed by atoms with Gasteiger partial charge in [0.25, 0.3) is 5.91 Å². The first-order chi connectivity index (χ1) is 14.1. The van der Waals surface area contributed by atoms with Crippen LogP contribution in [0.3, 0.4) is 0 Å². The van der Waals surface area contributed by atoms with Crippen molar-refractivity contribution in [2.24, 2.45) is 0 Å². The molecule has 2 aliphatic rings. The number of urea groups is 1. The smallest absolute Gasteiger partial charge is 0.322 e. The van der Waals surface area contributed by atoms with E-state index in [1.54, 1.807) is 11.0 Å². The lowest BCUT2D eigenvalue weighted by molar-refractivity contribution is -0.115. The second-order valence-electron chi connectivity index (χ2n) is 6.55. The maximum atomic E-state index is 12.8. The zero-order valence-corrected chi connectivity index (χ0v) is 17.1. The monoisotopic (exact) mass is 425 g/mol. The largest absolute Gasteiger partial charge is 0.490 e. The molecular weight excluding hydrogens is 406 g/mol. The summed E-state index contributed by atoms with van der Waals surface area (Å²) in [6.45, 7) is 1.45. The highest BCUT2D eigenvalue weighted by molar-refractivity contribution is 8.26. The van der Waals surface area contributed by atoms with Gasteiger partial charge in [0, 0.05) is 6.54 Å². The molecule has 0 aromatic heterocycles. The Hall–Kier alpha value is -2.84. The number of fused-ring (bicyclic) bond motifs is 1. The van der Waals surface area contributed by atoms with E-state index in [1.165, 1.54) is 17.3 Å². The average molecular weight is 426 g/mol. The molecule has 0 atom stereocenters. The third-order valence-corrected chi connectivity index (χ3v) is 5.73. The number of ether oxygens (including phenoxy) is 1. The number of rotatable bonds is 4. The van der Waals surface area contributed by atoms with E-state index in [4.69, 9.17) is 17.0 Å². The Kier molecular flexibility index (Phi) is 5.82. The van der Waals surface area contributed by atoms with Crippen LogP contribution in [0.15, 0.2) is 53.4 Å². The lowest BCUT2D eigenvalue weighted by Gasteiger charge is -2.30. The van der Waals surface area contributed by atoms with Crippen LogP contribution in [0.25, 0.3) is 6.08 Å². The van der Waals surface area contributed by atoms with E-state index >= 15 is 0 Å². The van der Waals surface area contributed by atoms with Crippen LogP contribution in [0.4, 0.5) is 10.5 Å². The van der Waals surface area contributed by atoms with Crippen molar-refractivity contribution < 1.29 is 14.3 Å². The number of hydrogen-bond donors (Lipinski definition) is 2. The minimum atomic E-state index is -0.204.